The maximum absolute atomic E-state index is 13.2. The summed E-state index contributed by atoms with van der Waals surface area (Å²) in [5.74, 6) is 0.00318. The molecule has 5 heterocycles. The number of hydrogen-bond donors (Lipinski definition) is 1. The molecule has 9 heteroatoms. The maximum atomic E-state index is 13.2. The Morgan fingerprint density at radius 1 is 1.10 bits per heavy atom. The lowest BCUT2D eigenvalue weighted by atomic mass is 9.74. The highest BCUT2D eigenvalue weighted by molar-refractivity contribution is 6.05. The summed E-state index contributed by atoms with van der Waals surface area (Å²) >= 11 is 0. The van der Waals surface area contributed by atoms with Crippen molar-refractivity contribution in [3.05, 3.63) is 71.0 Å². The van der Waals surface area contributed by atoms with Gasteiger partial charge in [0.05, 0.1) is 19.3 Å². The number of benzene rings is 2. The van der Waals surface area contributed by atoms with Gasteiger partial charge in [-0.3, -0.25) is 29.3 Å². The van der Waals surface area contributed by atoms with E-state index < -0.39 is 6.04 Å². The normalized spacial score (nSPS) is 21.8. The molecule has 2 fully saturated rings. The summed E-state index contributed by atoms with van der Waals surface area (Å²) in [6.07, 6.45) is 6.64. The van der Waals surface area contributed by atoms with Crippen molar-refractivity contribution in [3.8, 4) is 16.9 Å². The van der Waals surface area contributed by atoms with Crippen molar-refractivity contribution < 1.29 is 19.1 Å². The monoisotopic (exact) mass is 553 g/mol. The summed E-state index contributed by atoms with van der Waals surface area (Å²) in [6.45, 7) is 8.07. The number of imide groups is 1. The van der Waals surface area contributed by atoms with Gasteiger partial charge in [0.2, 0.25) is 11.8 Å². The van der Waals surface area contributed by atoms with Crippen LogP contribution in [0.3, 0.4) is 0 Å². The minimum absolute atomic E-state index is 0.0563. The van der Waals surface area contributed by atoms with Crippen LogP contribution in [-0.4, -0.2) is 63.0 Å². The average Bonchev–Trinajstić information content (AvgIpc) is 3.68. The fourth-order valence-corrected chi connectivity index (χ4v) is 6.91. The lowest BCUT2D eigenvalue weighted by molar-refractivity contribution is -0.136. The van der Waals surface area contributed by atoms with Crippen LogP contribution in [0.2, 0.25) is 0 Å². The molecular formula is C32H35N5O4. The van der Waals surface area contributed by atoms with Gasteiger partial charge in [-0.2, -0.15) is 5.10 Å². The number of aromatic nitrogens is 2. The molecule has 7 rings (SSSR count). The summed E-state index contributed by atoms with van der Waals surface area (Å²) in [6, 6.07) is 12.5. The zero-order valence-corrected chi connectivity index (χ0v) is 23.6. The SMILES string of the molecule is CC(C)n1cc(-c2cccc(CN3CCC4(CC3)COc3c4ccc4c3CN(C3CCC(=O)NC3=O)C4=O)c2)cn1. The van der Waals surface area contributed by atoms with Crippen LogP contribution in [0.4, 0.5) is 0 Å². The van der Waals surface area contributed by atoms with Crippen LogP contribution < -0.4 is 10.1 Å². The van der Waals surface area contributed by atoms with Crippen molar-refractivity contribution in [1.82, 2.24) is 24.9 Å². The van der Waals surface area contributed by atoms with Crippen molar-refractivity contribution in [1.29, 1.82) is 0 Å². The van der Waals surface area contributed by atoms with Gasteiger partial charge in [0.1, 0.15) is 11.8 Å². The average molecular weight is 554 g/mol. The molecule has 0 radical (unpaired) electrons. The molecule has 3 aromatic rings. The van der Waals surface area contributed by atoms with Crippen LogP contribution in [0.5, 0.6) is 5.75 Å². The van der Waals surface area contributed by atoms with Crippen molar-refractivity contribution in [2.45, 2.75) is 70.1 Å². The molecule has 4 aliphatic rings. The van der Waals surface area contributed by atoms with E-state index >= 15 is 0 Å². The molecule has 4 aliphatic heterocycles. The topological polar surface area (TPSA) is 96.8 Å². The van der Waals surface area contributed by atoms with E-state index in [1.165, 1.54) is 16.7 Å². The first kappa shape index (κ1) is 26.0. The Kier molecular flexibility index (Phi) is 6.23. The highest BCUT2D eigenvalue weighted by atomic mass is 16.5. The van der Waals surface area contributed by atoms with Gasteiger partial charge in [-0.15, -0.1) is 0 Å². The molecule has 3 amide bonds. The molecule has 1 N–H and O–H groups in total. The van der Waals surface area contributed by atoms with Gasteiger partial charge in [0.15, 0.2) is 0 Å². The van der Waals surface area contributed by atoms with Crippen molar-refractivity contribution in [2.24, 2.45) is 0 Å². The smallest absolute Gasteiger partial charge is 0.255 e. The summed E-state index contributed by atoms with van der Waals surface area (Å²) in [5, 5.41) is 6.88. The third kappa shape index (κ3) is 4.43. The van der Waals surface area contributed by atoms with Crippen molar-refractivity contribution in [3.63, 3.8) is 0 Å². The molecule has 9 nitrogen and oxygen atoms in total. The number of nitrogens with zero attached hydrogens (tertiary/aromatic N) is 4. The molecule has 1 atom stereocenters. The number of ether oxygens (including phenoxy) is 1. The van der Waals surface area contributed by atoms with E-state index in [2.05, 4.69) is 65.7 Å². The lowest BCUT2D eigenvalue weighted by Gasteiger charge is -2.38. The van der Waals surface area contributed by atoms with E-state index in [4.69, 9.17) is 4.74 Å². The number of hydrogen-bond acceptors (Lipinski definition) is 6. The third-order valence-corrected chi connectivity index (χ3v) is 9.34. The molecule has 2 saturated heterocycles. The minimum Gasteiger partial charge on any atom is -0.492 e. The van der Waals surface area contributed by atoms with Gasteiger partial charge >= 0.3 is 0 Å². The molecule has 2 aromatic carbocycles. The van der Waals surface area contributed by atoms with Crippen LogP contribution in [0, 0.1) is 0 Å². The van der Waals surface area contributed by atoms with Crippen LogP contribution in [0.15, 0.2) is 48.8 Å². The second-order valence-corrected chi connectivity index (χ2v) is 12.2. The fourth-order valence-electron chi connectivity index (χ4n) is 6.91. The van der Waals surface area contributed by atoms with Gasteiger partial charge in [-0.05, 0) is 69.5 Å². The maximum Gasteiger partial charge on any atom is 0.255 e. The highest BCUT2D eigenvalue weighted by Crippen LogP contribution is 2.49. The van der Waals surface area contributed by atoms with E-state index in [1.807, 2.05) is 16.9 Å². The molecule has 1 unspecified atom stereocenters. The summed E-state index contributed by atoms with van der Waals surface area (Å²) in [4.78, 5) is 41.5. The van der Waals surface area contributed by atoms with Crippen molar-refractivity contribution in [2.75, 3.05) is 19.7 Å². The molecular weight excluding hydrogens is 518 g/mol. The van der Waals surface area contributed by atoms with E-state index in [0.29, 0.717) is 31.2 Å². The number of carbonyl (C=O) groups excluding carboxylic acids is 3. The number of piperidine rings is 2. The largest absolute Gasteiger partial charge is 0.492 e. The van der Waals surface area contributed by atoms with Gasteiger partial charge in [0.25, 0.3) is 5.91 Å². The van der Waals surface area contributed by atoms with Crippen LogP contribution in [0.25, 0.3) is 11.1 Å². The molecule has 1 aromatic heterocycles. The van der Waals surface area contributed by atoms with Gasteiger partial charge in [0, 0.05) is 52.9 Å². The Labute approximate surface area is 239 Å². The minimum atomic E-state index is -0.619. The predicted octanol–water partition coefficient (Wildman–Crippen LogP) is 3.82. The Morgan fingerprint density at radius 3 is 2.68 bits per heavy atom. The standard InChI is InChI=1S/C32H35N5O4/c1-20(2)37-17-23(15-33-37)22-5-3-4-21(14-22)16-35-12-10-32(11-13-35)19-41-29-25-18-36(27-8-9-28(38)34-30(27)39)31(40)24(25)6-7-26(29)32/h3-7,14-15,17,20,27H,8-13,16,18-19H2,1-2H3,(H,34,38,39). The summed E-state index contributed by atoms with van der Waals surface area (Å²) < 4.78 is 8.33. The number of likely N-dealkylation sites (tertiary alicyclic amines) is 1. The molecule has 41 heavy (non-hydrogen) atoms. The number of fused-ring (bicyclic) bond motifs is 4. The first-order valence-electron chi connectivity index (χ1n) is 14.6. The van der Waals surface area contributed by atoms with E-state index in [0.717, 1.165) is 49.4 Å². The number of nitrogens with one attached hydrogen (secondary N) is 1. The van der Waals surface area contributed by atoms with E-state index in [1.54, 1.807) is 4.90 Å². The number of carbonyl (C=O) groups is 3. The Balaban J connectivity index is 1.04. The number of rotatable bonds is 5. The van der Waals surface area contributed by atoms with Gasteiger partial charge < -0.3 is 9.64 Å². The predicted molar refractivity (Wildman–Crippen MR) is 152 cm³/mol. The molecule has 0 aliphatic carbocycles. The Morgan fingerprint density at radius 2 is 1.93 bits per heavy atom. The van der Waals surface area contributed by atoms with E-state index in [-0.39, 0.29) is 29.6 Å². The molecule has 1 spiro atoms. The van der Waals surface area contributed by atoms with Crippen LogP contribution in [0.1, 0.15) is 72.6 Å². The van der Waals surface area contributed by atoms with Gasteiger partial charge in [-0.1, -0.05) is 24.3 Å². The van der Waals surface area contributed by atoms with Crippen LogP contribution in [-0.2, 0) is 28.1 Å². The van der Waals surface area contributed by atoms with Crippen LogP contribution >= 0.6 is 0 Å². The second kappa shape index (κ2) is 9.83. The third-order valence-electron chi connectivity index (χ3n) is 9.34. The molecule has 0 saturated carbocycles. The number of amides is 3. The zero-order chi connectivity index (χ0) is 28.3. The fraction of sp³-hybridized carbons (Fsp3) is 0.438. The summed E-state index contributed by atoms with van der Waals surface area (Å²) in [5.41, 5.74) is 6.26. The first-order chi connectivity index (χ1) is 19.8. The Bertz CT molecular complexity index is 1550. The quantitative estimate of drug-likeness (QED) is 0.483. The Hall–Kier alpha value is -3.98. The second-order valence-electron chi connectivity index (χ2n) is 12.2. The van der Waals surface area contributed by atoms with Gasteiger partial charge in [-0.25, -0.2) is 0 Å². The zero-order valence-electron chi connectivity index (χ0n) is 23.6. The summed E-state index contributed by atoms with van der Waals surface area (Å²) in [7, 11) is 0. The molecule has 0 bridgehead atoms. The van der Waals surface area contributed by atoms with E-state index in [9.17, 15) is 14.4 Å². The first-order valence-corrected chi connectivity index (χ1v) is 14.6. The van der Waals surface area contributed by atoms with Crippen molar-refractivity contribution >= 4 is 17.7 Å². The highest BCUT2D eigenvalue weighted by Gasteiger charge is 2.47. The lowest BCUT2D eigenvalue weighted by Crippen LogP contribution is -2.52. The molecule has 212 valence electrons.